The maximum atomic E-state index is 13.7. The Balaban J connectivity index is 1.80. The maximum Gasteiger partial charge on any atom is 0.160 e. The summed E-state index contributed by atoms with van der Waals surface area (Å²) in [4.78, 5) is 24.2. The highest BCUT2D eigenvalue weighted by Gasteiger charge is 2.31. The van der Waals surface area contributed by atoms with Crippen molar-refractivity contribution in [3.05, 3.63) is 76.0 Å². The van der Waals surface area contributed by atoms with Gasteiger partial charge in [-0.15, -0.1) is 0 Å². The van der Waals surface area contributed by atoms with Crippen LogP contribution in [0.15, 0.2) is 58.9 Å². The second kappa shape index (κ2) is 9.04. The number of hydrogen-bond donors (Lipinski definition) is 2. The minimum atomic E-state index is -0.633. The molecule has 30 heavy (non-hydrogen) atoms. The number of ketones is 1. The van der Waals surface area contributed by atoms with Gasteiger partial charge in [-0.3, -0.25) is 19.7 Å². The number of halogens is 2. The Morgan fingerprint density at radius 2 is 2.07 bits per heavy atom. The number of amidine groups is 1. The van der Waals surface area contributed by atoms with Gasteiger partial charge in [0.1, 0.15) is 17.6 Å². The topological polar surface area (TPSA) is 69.6 Å². The van der Waals surface area contributed by atoms with Crippen LogP contribution in [0.2, 0.25) is 5.02 Å². The molecule has 0 saturated carbocycles. The first-order chi connectivity index (χ1) is 14.5. The molecule has 0 aliphatic carbocycles. The van der Waals surface area contributed by atoms with E-state index in [1.807, 2.05) is 18.2 Å². The number of nitrogens with zero attached hydrogens (tertiary/aromatic N) is 3. The highest BCUT2D eigenvalue weighted by molar-refractivity contribution is 6.31. The fraction of sp³-hybridized carbons (Fsp3) is 0.318. The fourth-order valence-corrected chi connectivity index (χ4v) is 4.08. The van der Waals surface area contributed by atoms with Crippen LogP contribution in [0.1, 0.15) is 24.2 Å². The van der Waals surface area contributed by atoms with Gasteiger partial charge in [-0.1, -0.05) is 23.7 Å². The molecule has 6 nitrogen and oxygen atoms in total. The predicted molar refractivity (Wildman–Crippen MR) is 115 cm³/mol. The van der Waals surface area contributed by atoms with E-state index < -0.39 is 11.9 Å². The summed E-state index contributed by atoms with van der Waals surface area (Å²) in [6, 6.07) is 9.13. The van der Waals surface area contributed by atoms with Crippen LogP contribution in [-0.4, -0.2) is 54.2 Å². The maximum absolute atomic E-state index is 13.7. The molecule has 1 atom stereocenters. The first kappa shape index (κ1) is 20.7. The summed E-state index contributed by atoms with van der Waals surface area (Å²) in [6.45, 7) is 5.68. The Bertz CT molecular complexity index is 1000. The van der Waals surface area contributed by atoms with Crippen LogP contribution in [0.4, 0.5) is 4.39 Å². The average molecular weight is 428 g/mol. The third kappa shape index (κ3) is 4.43. The van der Waals surface area contributed by atoms with E-state index in [-0.39, 0.29) is 10.8 Å². The molecule has 1 unspecified atom stereocenters. The van der Waals surface area contributed by atoms with Crippen LogP contribution in [0.25, 0.3) is 0 Å². The molecule has 0 radical (unpaired) electrons. The lowest BCUT2D eigenvalue weighted by atomic mass is 9.92. The second-order valence-corrected chi connectivity index (χ2v) is 7.77. The minimum Gasteiger partial charge on any atom is -0.341 e. The van der Waals surface area contributed by atoms with E-state index in [0.29, 0.717) is 29.2 Å². The quantitative estimate of drug-likeness (QED) is 0.767. The van der Waals surface area contributed by atoms with Gasteiger partial charge < -0.3 is 10.6 Å². The number of aliphatic imine (C=N–C) groups is 1. The van der Waals surface area contributed by atoms with Gasteiger partial charge in [0.2, 0.25) is 0 Å². The van der Waals surface area contributed by atoms with Gasteiger partial charge in [-0.2, -0.15) is 0 Å². The van der Waals surface area contributed by atoms with Crippen LogP contribution < -0.4 is 10.6 Å². The summed E-state index contributed by atoms with van der Waals surface area (Å²) in [5, 5.41) is 6.92. The molecule has 2 aromatic rings. The number of rotatable bonds is 5. The number of carbonyl (C=O) groups is 1. The second-order valence-electron chi connectivity index (χ2n) is 7.36. The molecular weight excluding hydrogens is 405 g/mol. The van der Waals surface area contributed by atoms with Crippen molar-refractivity contribution in [1.29, 1.82) is 0 Å². The van der Waals surface area contributed by atoms with Crippen molar-refractivity contribution in [2.75, 3.05) is 32.7 Å². The van der Waals surface area contributed by atoms with Crippen molar-refractivity contribution in [2.24, 2.45) is 4.99 Å². The highest BCUT2D eigenvalue weighted by atomic mass is 35.5. The number of Topliss-reactive ketones (excluding diaryl/α,β-unsaturated/α-hetero) is 1. The Morgan fingerprint density at radius 1 is 1.27 bits per heavy atom. The van der Waals surface area contributed by atoms with Crippen LogP contribution in [-0.2, 0) is 4.79 Å². The lowest BCUT2D eigenvalue weighted by Gasteiger charge is -2.33. The molecule has 1 aromatic carbocycles. The smallest absolute Gasteiger partial charge is 0.160 e. The van der Waals surface area contributed by atoms with Crippen LogP contribution in [0.5, 0.6) is 0 Å². The Kier molecular flexibility index (Phi) is 6.22. The fourth-order valence-electron chi connectivity index (χ4n) is 3.81. The summed E-state index contributed by atoms with van der Waals surface area (Å²) >= 11 is 6.37. The predicted octanol–water partition coefficient (Wildman–Crippen LogP) is 2.71. The first-order valence-electron chi connectivity index (χ1n) is 9.91. The average Bonchev–Trinajstić information content (AvgIpc) is 2.74. The Morgan fingerprint density at radius 3 is 2.73 bits per heavy atom. The molecule has 2 aliphatic rings. The number of piperazine rings is 1. The Hall–Kier alpha value is -2.61. The van der Waals surface area contributed by atoms with Gasteiger partial charge >= 0.3 is 0 Å². The SMILES string of the molecule is CC(=O)C1=C(CN2CCNCC2)NC(c2ccccn2)=NC1c1ccc(F)cc1Cl. The lowest BCUT2D eigenvalue weighted by molar-refractivity contribution is -0.114. The van der Waals surface area contributed by atoms with Gasteiger partial charge in [-0.25, -0.2) is 4.39 Å². The van der Waals surface area contributed by atoms with Crippen molar-refractivity contribution < 1.29 is 9.18 Å². The van der Waals surface area contributed by atoms with E-state index in [0.717, 1.165) is 31.9 Å². The molecule has 1 aromatic heterocycles. The largest absolute Gasteiger partial charge is 0.341 e. The molecular formula is C22H23ClFN5O. The zero-order valence-corrected chi connectivity index (χ0v) is 17.4. The summed E-state index contributed by atoms with van der Waals surface area (Å²) < 4.78 is 13.7. The van der Waals surface area contributed by atoms with Crippen LogP contribution in [0, 0.1) is 5.82 Å². The number of benzene rings is 1. The van der Waals surface area contributed by atoms with Crippen molar-refractivity contribution in [1.82, 2.24) is 20.5 Å². The number of pyridine rings is 1. The lowest BCUT2D eigenvalue weighted by Crippen LogP contribution is -2.47. The third-order valence-corrected chi connectivity index (χ3v) is 5.59. The van der Waals surface area contributed by atoms with Gasteiger partial charge in [0, 0.05) is 60.8 Å². The molecule has 2 aliphatic heterocycles. The van der Waals surface area contributed by atoms with Gasteiger partial charge in [0.05, 0.1) is 0 Å². The molecule has 0 bridgehead atoms. The molecule has 4 rings (SSSR count). The van der Waals surface area contributed by atoms with E-state index >= 15 is 0 Å². The van der Waals surface area contributed by atoms with Crippen molar-refractivity contribution in [3.63, 3.8) is 0 Å². The van der Waals surface area contributed by atoms with Crippen molar-refractivity contribution in [2.45, 2.75) is 13.0 Å². The molecule has 0 spiro atoms. The highest BCUT2D eigenvalue weighted by Crippen LogP contribution is 2.36. The standard InChI is InChI=1S/C22H23ClFN5O/c1-14(30)20-19(13-29-10-8-25-9-11-29)27-22(18-4-2-3-7-26-18)28-21(20)16-6-5-15(24)12-17(16)23/h2-7,12,21,25H,8-11,13H2,1H3,(H,27,28). The molecule has 8 heteroatoms. The van der Waals surface area contributed by atoms with Crippen molar-refractivity contribution >= 4 is 23.2 Å². The van der Waals surface area contributed by atoms with E-state index in [1.54, 1.807) is 12.3 Å². The van der Waals surface area contributed by atoms with Crippen molar-refractivity contribution in [3.8, 4) is 0 Å². The van der Waals surface area contributed by atoms with E-state index in [9.17, 15) is 9.18 Å². The van der Waals surface area contributed by atoms with Gasteiger partial charge in [-0.05, 0) is 31.2 Å². The first-order valence-corrected chi connectivity index (χ1v) is 10.3. The van der Waals surface area contributed by atoms with Gasteiger partial charge in [0.15, 0.2) is 11.6 Å². The molecule has 1 saturated heterocycles. The van der Waals surface area contributed by atoms with E-state index in [2.05, 4.69) is 20.5 Å². The van der Waals surface area contributed by atoms with Crippen LogP contribution in [0.3, 0.4) is 0 Å². The molecule has 3 heterocycles. The summed E-state index contributed by atoms with van der Waals surface area (Å²) in [7, 11) is 0. The molecule has 0 amide bonds. The summed E-state index contributed by atoms with van der Waals surface area (Å²) in [5.74, 6) is 0.0407. The van der Waals surface area contributed by atoms with E-state index in [4.69, 9.17) is 16.6 Å². The zero-order chi connectivity index (χ0) is 21.1. The van der Waals surface area contributed by atoms with E-state index in [1.165, 1.54) is 19.1 Å². The number of nitrogens with one attached hydrogen (secondary N) is 2. The van der Waals surface area contributed by atoms with Crippen LogP contribution >= 0.6 is 11.6 Å². The zero-order valence-electron chi connectivity index (χ0n) is 16.7. The molecule has 156 valence electrons. The molecule has 2 N–H and O–H groups in total. The summed E-state index contributed by atoms with van der Waals surface area (Å²) in [5.41, 5.74) is 2.59. The Labute approximate surface area is 179 Å². The minimum absolute atomic E-state index is 0.0955. The van der Waals surface area contributed by atoms with Gasteiger partial charge in [0.25, 0.3) is 0 Å². The summed E-state index contributed by atoms with van der Waals surface area (Å²) in [6.07, 6.45) is 1.69. The molecule has 1 fully saturated rings. The third-order valence-electron chi connectivity index (χ3n) is 5.26. The number of hydrogen-bond acceptors (Lipinski definition) is 6. The normalized spacial score (nSPS) is 20.0. The number of carbonyl (C=O) groups excluding carboxylic acids is 1. The number of aromatic nitrogens is 1. The monoisotopic (exact) mass is 427 g/mol.